The van der Waals surface area contributed by atoms with Crippen LogP contribution in [0.2, 0.25) is 0 Å². The minimum Gasteiger partial charge on any atom is -0.465 e. The lowest BCUT2D eigenvalue weighted by Crippen LogP contribution is -2.46. The van der Waals surface area contributed by atoms with Crippen molar-refractivity contribution < 1.29 is 9.90 Å². The van der Waals surface area contributed by atoms with Crippen molar-refractivity contribution in [1.82, 2.24) is 4.90 Å². The van der Waals surface area contributed by atoms with Gasteiger partial charge in [0, 0.05) is 13.1 Å². The maximum atomic E-state index is 10.9. The van der Waals surface area contributed by atoms with Gasteiger partial charge in [-0.3, -0.25) is 0 Å². The smallest absolute Gasteiger partial charge is 0.407 e. The minimum atomic E-state index is -0.728. The Hall–Kier alpha value is -0.730. The Labute approximate surface area is 85.1 Å². The Balaban J connectivity index is 2.10. The van der Waals surface area contributed by atoms with Crippen LogP contribution in [0.15, 0.2) is 0 Å². The molecule has 1 amide bonds. The summed E-state index contributed by atoms with van der Waals surface area (Å²) in [6, 6.07) is 0. The molecule has 14 heavy (non-hydrogen) atoms. The Morgan fingerprint density at radius 1 is 1.21 bits per heavy atom. The summed E-state index contributed by atoms with van der Waals surface area (Å²) in [5.41, 5.74) is 0. The van der Waals surface area contributed by atoms with Crippen molar-refractivity contribution in [3.63, 3.8) is 0 Å². The fraction of sp³-hybridized carbons (Fsp3) is 0.909. The molecule has 1 saturated carbocycles. The lowest BCUT2D eigenvalue weighted by molar-refractivity contribution is 0.0673. The molecule has 0 aromatic rings. The lowest BCUT2D eigenvalue weighted by Gasteiger charge is -2.39. The van der Waals surface area contributed by atoms with Gasteiger partial charge in [0.1, 0.15) is 0 Å². The third-order valence-corrected chi connectivity index (χ3v) is 4.07. The van der Waals surface area contributed by atoms with Gasteiger partial charge < -0.3 is 10.0 Å². The van der Waals surface area contributed by atoms with Crippen LogP contribution in [-0.4, -0.2) is 29.2 Å². The molecule has 3 heteroatoms. The van der Waals surface area contributed by atoms with Crippen molar-refractivity contribution in [3.8, 4) is 0 Å². The third kappa shape index (κ3) is 1.72. The topological polar surface area (TPSA) is 40.5 Å². The molecule has 1 aliphatic heterocycles. The van der Waals surface area contributed by atoms with E-state index in [9.17, 15) is 4.79 Å². The van der Waals surface area contributed by atoms with Gasteiger partial charge in [-0.15, -0.1) is 0 Å². The van der Waals surface area contributed by atoms with Crippen LogP contribution in [0, 0.1) is 17.8 Å². The lowest BCUT2D eigenvalue weighted by atomic mass is 9.78. The first-order valence-electron chi connectivity index (χ1n) is 5.66. The fourth-order valence-electron chi connectivity index (χ4n) is 3.04. The van der Waals surface area contributed by atoms with Crippen molar-refractivity contribution in [2.24, 2.45) is 17.8 Å². The Kier molecular flexibility index (Phi) is 2.66. The second kappa shape index (κ2) is 3.79. The summed E-state index contributed by atoms with van der Waals surface area (Å²) in [5.74, 6) is 1.97. The van der Waals surface area contributed by atoms with Crippen LogP contribution < -0.4 is 0 Å². The summed E-state index contributed by atoms with van der Waals surface area (Å²) in [6.07, 6.45) is 4.30. The first kappa shape index (κ1) is 9.81. The average Bonchev–Trinajstić information content (AvgIpc) is 2.28. The van der Waals surface area contributed by atoms with Crippen LogP contribution in [0.1, 0.15) is 32.6 Å². The maximum Gasteiger partial charge on any atom is 0.407 e. The molecule has 0 aromatic carbocycles. The van der Waals surface area contributed by atoms with E-state index in [0.29, 0.717) is 11.8 Å². The fourth-order valence-corrected chi connectivity index (χ4v) is 3.04. The standard InChI is InChI=1S/C11H19NO2/c1-8-9-4-2-3-5-10(8)7-12(6-9)11(13)14/h8-10H,2-7H2,1H3,(H,13,14). The van der Waals surface area contributed by atoms with Crippen molar-refractivity contribution in [1.29, 1.82) is 0 Å². The zero-order valence-corrected chi connectivity index (χ0v) is 8.78. The van der Waals surface area contributed by atoms with Gasteiger partial charge >= 0.3 is 6.09 Å². The van der Waals surface area contributed by atoms with Crippen LogP contribution in [0.3, 0.4) is 0 Å². The van der Waals surface area contributed by atoms with E-state index < -0.39 is 6.09 Å². The largest absolute Gasteiger partial charge is 0.465 e. The van der Waals surface area contributed by atoms with Crippen LogP contribution in [0.5, 0.6) is 0 Å². The Morgan fingerprint density at radius 2 is 1.71 bits per heavy atom. The van der Waals surface area contributed by atoms with Gasteiger partial charge in [0.05, 0.1) is 0 Å². The summed E-state index contributed by atoms with van der Waals surface area (Å²) in [4.78, 5) is 12.6. The predicted molar refractivity (Wildman–Crippen MR) is 54.2 cm³/mol. The zero-order valence-electron chi connectivity index (χ0n) is 8.78. The number of hydrogen-bond donors (Lipinski definition) is 1. The number of rotatable bonds is 0. The molecule has 1 aliphatic carbocycles. The minimum absolute atomic E-state index is 0.618. The highest BCUT2D eigenvalue weighted by molar-refractivity contribution is 5.65. The van der Waals surface area contributed by atoms with Crippen molar-refractivity contribution in [2.75, 3.05) is 13.1 Å². The number of amides is 1. The molecule has 0 aromatic heterocycles. The van der Waals surface area contributed by atoms with E-state index in [1.807, 2.05) is 0 Å². The highest BCUT2D eigenvalue weighted by Crippen LogP contribution is 2.37. The molecule has 2 aliphatic rings. The molecular weight excluding hydrogens is 178 g/mol. The number of likely N-dealkylation sites (tertiary alicyclic amines) is 1. The highest BCUT2D eigenvalue weighted by atomic mass is 16.4. The van der Waals surface area contributed by atoms with Crippen molar-refractivity contribution in [2.45, 2.75) is 32.6 Å². The number of nitrogens with zero attached hydrogens (tertiary/aromatic N) is 1. The number of carbonyl (C=O) groups is 1. The predicted octanol–water partition coefficient (Wildman–Crippen LogP) is 2.42. The van der Waals surface area contributed by atoms with Gasteiger partial charge in [-0.1, -0.05) is 19.8 Å². The quantitative estimate of drug-likeness (QED) is 0.648. The zero-order chi connectivity index (χ0) is 10.1. The normalized spacial score (nSPS) is 37.8. The van der Waals surface area contributed by atoms with E-state index in [1.54, 1.807) is 4.90 Å². The monoisotopic (exact) mass is 197 g/mol. The number of piperidine rings is 1. The number of hydrogen-bond acceptors (Lipinski definition) is 1. The summed E-state index contributed by atoms with van der Waals surface area (Å²) < 4.78 is 0. The maximum absolute atomic E-state index is 10.9. The summed E-state index contributed by atoms with van der Waals surface area (Å²) >= 11 is 0. The van der Waals surface area contributed by atoms with Crippen molar-refractivity contribution >= 4 is 6.09 Å². The van der Waals surface area contributed by atoms with Gasteiger partial charge in [-0.25, -0.2) is 4.79 Å². The number of fused-ring (bicyclic) bond motifs is 2. The molecule has 2 fully saturated rings. The Bertz CT molecular complexity index is 213. The van der Waals surface area contributed by atoms with Crippen LogP contribution >= 0.6 is 0 Å². The van der Waals surface area contributed by atoms with E-state index in [4.69, 9.17) is 5.11 Å². The van der Waals surface area contributed by atoms with E-state index in [-0.39, 0.29) is 0 Å². The molecule has 3 nitrogen and oxygen atoms in total. The van der Waals surface area contributed by atoms with E-state index in [2.05, 4.69) is 6.92 Å². The highest BCUT2D eigenvalue weighted by Gasteiger charge is 2.36. The van der Waals surface area contributed by atoms with Gasteiger partial charge in [0.15, 0.2) is 0 Å². The van der Waals surface area contributed by atoms with Gasteiger partial charge in [-0.2, -0.15) is 0 Å². The van der Waals surface area contributed by atoms with Gasteiger partial charge in [0.25, 0.3) is 0 Å². The second-order valence-corrected chi connectivity index (χ2v) is 4.85. The number of carboxylic acid groups (broad SMARTS) is 1. The van der Waals surface area contributed by atoms with Crippen LogP contribution in [-0.2, 0) is 0 Å². The molecule has 2 bridgehead atoms. The van der Waals surface area contributed by atoms with Crippen LogP contribution in [0.4, 0.5) is 4.79 Å². The molecule has 1 saturated heterocycles. The van der Waals surface area contributed by atoms with E-state index in [0.717, 1.165) is 19.0 Å². The molecular formula is C11H19NO2. The SMILES string of the molecule is CC1C2CCCCC1CN(C(=O)O)C2. The Morgan fingerprint density at radius 3 is 2.14 bits per heavy atom. The first-order valence-corrected chi connectivity index (χ1v) is 5.66. The average molecular weight is 197 g/mol. The van der Waals surface area contributed by atoms with Gasteiger partial charge in [-0.05, 0) is 30.6 Å². The molecule has 80 valence electrons. The van der Waals surface area contributed by atoms with Gasteiger partial charge in [0.2, 0.25) is 0 Å². The molecule has 1 heterocycles. The molecule has 2 unspecified atom stereocenters. The van der Waals surface area contributed by atoms with Crippen LogP contribution in [0.25, 0.3) is 0 Å². The van der Waals surface area contributed by atoms with E-state index in [1.165, 1.54) is 25.7 Å². The summed E-state index contributed by atoms with van der Waals surface area (Å²) in [7, 11) is 0. The summed E-state index contributed by atoms with van der Waals surface area (Å²) in [5, 5.41) is 9.00. The van der Waals surface area contributed by atoms with E-state index >= 15 is 0 Å². The molecule has 0 spiro atoms. The molecule has 0 radical (unpaired) electrons. The molecule has 2 atom stereocenters. The third-order valence-electron chi connectivity index (χ3n) is 4.07. The van der Waals surface area contributed by atoms with Crippen molar-refractivity contribution in [3.05, 3.63) is 0 Å². The second-order valence-electron chi connectivity index (χ2n) is 4.85. The molecule has 1 N–H and O–H groups in total. The first-order chi connectivity index (χ1) is 6.68. The summed E-state index contributed by atoms with van der Waals surface area (Å²) in [6.45, 7) is 3.85. The molecule has 2 rings (SSSR count).